The highest BCUT2D eigenvalue weighted by atomic mass is 32.2. The van der Waals surface area contributed by atoms with Crippen molar-refractivity contribution < 1.29 is 4.79 Å². The van der Waals surface area contributed by atoms with Gasteiger partial charge in [0.15, 0.2) is 0 Å². The Kier molecular flexibility index (Phi) is 6.03. The Morgan fingerprint density at radius 2 is 2.14 bits per heavy atom. The lowest BCUT2D eigenvalue weighted by Gasteiger charge is -2.22. The molecule has 82 valence electrons. The van der Waals surface area contributed by atoms with Crippen molar-refractivity contribution in [2.75, 3.05) is 25.1 Å². The molecule has 0 bridgehead atoms. The van der Waals surface area contributed by atoms with E-state index in [1.54, 1.807) is 0 Å². The first-order chi connectivity index (χ1) is 6.83. The van der Waals surface area contributed by atoms with Gasteiger partial charge >= 0.3 is 0 Å². The van der Waals surface area contributed by atoms with Gasteiger partial charge in [0.2, 0.25) is 5.91 Å². The van der Waals surface area contributed by atoms with Gasteiger partial charge in [-0.2, -0.15) is 11.8 Å². The molecule has 0 radical (unpaired) electrons. The molecule has 1 aliphatic rings. The minimum absolute atomic E-state index is 0.220. The molecular weight excluding hydrogens is 196 g/mol. The van der Waals surface area contributed by atoms with Crippen LogP contribution in [0.15, 0.2) is 0 Å². The smallest absolute Gasteiger partial charge is 0.220 e. The number of hydrogen-bond acceptors (Lipinski definition) is 3. The van der Waals surface area contributed by atoms with Gasteiger partial charge < -0.3 is 10.6 Å². The van der Waals surface area contributed by atoms with E-state index in [-0.39, 0.29) is 5.91 Å². The minimum Gasteiger partial charge on any atom is -0.353 e. The molecule has 4 heteroatoms. The number of rotatable bonds is 5. The maximum absolute atomic E-state index is 11.4. The standard InChI is InChI=1S/C10H20N2OS/c1-11-6-2-3-10(13)12-9-4-7-14-8-5-9/h9,11H,2-8H2,1H3,(H,12,13). The Hall–Kier alpha value is -0.220. The van der Waals surface area contributed by atoms with Gasteiger partial charge in [-0.15, -0.1) is 0 Å². The first-order valence-corrected chi connectivity index (χ1v) is 6.50. The lowest BCUT2D eigenvalue weighted by Crippen LogP contribution is -2.37. The fourth-order valence-corrected chi connectivity index (χ4v) is 2.67. The number of thioether (sulfide) groups is 1. The first kappa shape index (κ1) is 11.9. The monoisotopic (exact) mass is 216 g/mol. The molecule has 2 N–H and O–H groups in total. The Morgan fingerprint density at radius 1 is 1.43 bits per heavy atom. The summed E-state index contributed by atoms with van der Waals surface area (Å²) >= 11 is 1.99. The topological polar surface area (TPSA) is 41.1 Å². The van der Waals surface area contributed by atoms with E-state index < -0.39 is 0 Å². The van der Waals surface area contributed by atoms with Gasteiger partial charge in [-0.05, 0) is 44.4 Å². The Morgan fingerprint density at radius 3 is 2.79 bits per heavy atom. The van der Waals surface area contributed by atoms with Gasteiger partial charge in [0, 0.05) is 12.5 Å². The van der Waals surface area contributed by atoms with Crippen LogP contribution in [0.1, 0.15) is 25.7 Å². The minimum atomic E-state index is 0.220. The zero-order valence-electron chi connectivity index (χ0n) is 8.84. The van der Waals surface area contributed by atoms with E-state index in [9.17, 15) is 4.79 Å². The molecular formula is C10H20N2OS. The summed E-state index contributed by atoms with van der Waals surface area (Å²) in [7, 11) is 1.91. The van der Waals surface area contributed by atoms with Crippen LogP contribution in [0, 0.1) is 0 Å². The molecule has 0 aromatic heterocycles. The summed E-state index contributed by atoms with van der Waals surface area (Å²) in [6.45, 7) is 0.925. The highest BCUT2D eigenvalue weighted by Crippen LogP contribution is 2.16. The summed E-state index contributed by atoms with van der Waals surface area (Å²) in [6, 6.07) is 0.443. The third kappa shape index (κ3) is 4.86. The summed E-state index contributed by atoms with van der Waals surface area (Å²) in [6.07, 6.45) is 3.87. The van der Waals surface area contributed by atoms with Crippen molar-refractivity contribution in [2.24, 2.45) is 0 Å². The van der Waals surface area contributed by atoms with Crippen LogP contribution in [0.5, 0.6) is 0 Å². The van der Waals surface area contributed by atoms with Gasteiger partial charge in [0.1, 0.15) is 0 Å². The van der Waals surface area contributed by atoms with Crippen LogP contribution in [-0.2, 0) is 4.79 Å². The molecule has 1 heterocycles. The zero-order valence-corrected chi connectivity index (χ0v) is 9.66. The normalized spacial score (nSPS) is 18.1. The van der Waals surface area contributed by atoms with Gasteiger partial charge in [0.25, 0.3) is 0 Å². The first-order valence-electron chi connectivity index (χ1n) is 5.34. The maximum Gasteiger partial charge on any atom is 0.220 e. The number of carbonyl (C=O) groups is 1. The average molecular weight is 216 g/mol. The van der Waals surface area contributed by atoms with Gasteiger partial charge in [-0.25, -0.2) is 0 Å². The summed E-state index contributed by atoms with van der Waals surface area (Å²) in [5.74, 6) is 2.61. The highest BCUT2D eigenvalue weighted by Gasteiger charge is 2.15. The molecule has 0 unspecified atom stereocenters. The van der Waals surface area contributed by atoms with E-state index in [0.29, 0.717) is 12.5 Å². The van der Waals surface area contributed by atoms with E-state index in [4.69, 9.17) is 0 Å². The van der Waals surface area contributed by atoms with Crippen molar-refractivity contribution in [3.8, 4) is 0 Å². The molecule has 1 saturated heterocycles. The number of amides is 1. The number of hydrogen-bond donors (Lipinski definition) is 2. The van der Waals surface area contributed by atoms with Crippen molar-refractivity contribution >= 4 is 17.7 Å². The molecule has 0 spiro atoms. The van der Waals surface area contributed by atoms with Crippen molar-refractivity contribution in [3.05, 3.63) is 0 Å². The molecule has 14 heavy (non-hydrogen) atoms. The van der Waals surface area contributed by atoms with Crippen molar-refractivity contribution in [1.29, 1.82) is 0 Å². The molecule has 0 aromatic carbocycles. The largest absolute Gasteiger partial charge is 0.353 e. The zero-order chi connectivity index (χ0) is 10.2. The SMILES string of the molecule is CNCCCC(=O)NC1CCSCC1. The van der Waals surface area contributed by atoms with Crippen LogP contribution in [0.25, 0.3) is 0 Å². The second-order valence-corrected chi connectivity index (χ2v) is 4.89. The predicted octanol–water partition coefficient (Wildman–Crippen LogP) is 0.998. The second kappa shape index (κ2) is 7.12. The third-order valence-corrected chi connectivity index (χ3v) is 3.47. The average Bonchev–Trinajstić information content (AvgIpc) is 2.20. The Bertz CT molecular complexity index is 170. The van der Waals surface area contributed by atoms with Crippen LogP contribution < -0.4 is 10.6 Å². The number of carbonyl (C=O) groups excluding carboxylic acids is 1. The third-order valence-electron chi connectivity index (χ3n) is 2.42. The van der Waals surface area contributed by atoms with Crippen LogP contribution in [0.2, 0.25) is 0 Å². The summed E-state index contributed by atoms with van der Waals surface area (Å²) in [5, 5.41) is 6.14. The highest BCUT2D eigenvalue weighted by molar-refractivity contribution is 7.99. The van der Waals surface area contributed by atoms with Gasteiger partial charge in [-0.1, -0.05) is 0 Å². The molecule has 1 rings (SSSR count). The van der Waals surface area contributed by atoms with E-state index in [0.717, 1.165) is 25.8 Å². The molecule has 0 aromatic rings. The lowest BCUT2D eigenvalue weighted by atomic mass is 10.1. The quantitative estimate of drug-likeness (QED) is 0.674. The molecule has 0 aliphatic carbocycles. The predicted molar refractivity (Wildman–Crippen MR) is 61.7 cm³/mol. The maximum atomic E-state index is 11.4. The van der Waals surface area contributed by atoms with Crippen molar-refractivity contribution in [3.63, 3.8) is 0 Å². The summed E-state index contributed by atoms with van der Waals surface area (Å²) in [4.78, 5) is 11.4. The summed E-state index contributed by atoms with van der Waals surface area (Å²) < 4.78 is 0. The van der Waals surface area contributed by atoms with Crippen LogP contribution in [0.3, 0.4) is 0 Å². The molecule has 0 atom stereocenters. The fourth-order valence-electron chi connectivity index (χ4n) is 1.57. The summed E-state index contributed by atoms with van der Waals surface area (Å²) in [5.41, 5.74) is 0. The second-order valence-electron chi connectivity index (χ2n) is 3.66. The van der Waals surface area contributed by atoms with Gasteiger partial charge in [0.05, 0.1) is 0 Å². The van der Waals surface area contributed by atoms with Crippen molar-refractivity contribution in [2.45, 2.75) is 31.7 Å². The van der Waals surface area contributed by atoms with Crippen LogP contribution in [-0.4, -0.2) is 37.0 Å². The van der Waals surface area contributed by atoms with Crippen LogP contribution >= 0.6 is 11.8 Å². The molecule has 1 aliphatic heterocycles. The number of nitrogens with one attached hydrogen (secondary N) is 2. The molecule has 3 nitrogen and oxygen atoms in total. The Balaban J connectivity index is 2.06. The van der Waals surface area contributed by atoms with E-state index in [2.05, 4.69) is 10.6 Å². The van der Waals surface area contributed by atoms with Crippen molar-refractivity contribution in [1.82, 2.24) is 10.6 Å². The van der Waals surface area contributed by atoms with E-state index in [1.807, 2.05) is 18.8 Å². The van der Waals surface area contributed by atoms with Crippen LogP contribution in [0.4, 0.5) is 0 Å². The molecule has 1 amide bonds. The lowest BCUT2D eigenvalue weighted by molar-refractivity contribution is -0.121. The Labute approximate surface area is 90.4 Å². The fraction of sp³-hybridized carbons (Fsp3) is 0.900. The van der Waals surface area contributed by atoms with Gasteiger partial charge in [-0.3, -0.25) is 4.79 Å². The molecule has 1 fully saturated rings. The van der Waals surface area contributed by atoms with E-state index >= 15 is 0 Å². The molecule has 0 saturated carbocycles. The van der Waals surface area contributed by atoms with E-state index in [1.165, 1.54) is 11.5 Å².